The van der Waals surface area contributed by atoms with Gasteiger partial charge in [0.1, 0.15) is 24.0 Å². The minimum atomic E-state index is -4.37. The zero-order valence-electron chi connectivity index (χ0n) is 9.17. The number of rotatable bonds is 4. The van der Waals surface area contributed by atoms with Crippen LogP contribution in [-0.2, 0) is 6.54 Å². The molecule has 0 unspecified atom stereocenters. The molecule has 0 aliphatic carbocycles. The quantitative estimate of drug-likeness (QED) is 0.849. The summed E-state index contributed by atoms with van der Waals surface area (Å²) >= 11 is 0. The van der Waals surface area contributed by atoms with Crippen molar-refractivity contribution in [2.24, 2.45) is 0 Å². The predicted molar refractivity (Wildman–Crippen MR) is 56.2 cm³/mol. The predicted octanol–water partition coefficient (Wildman–Crippen LogP) is 1.72. The van der Waals surface area contributed by atoms with Gasteiger partial charge >= 0.3 is 6.18 Å². The molecule has 94 valence electrons. The summed E-state index contributed by atoms with van der Waals surface area (Å²) in [6, 6.07) is 1.74. The highest BCUT2D eigenvalue weighted by atomic mass is 19.4. The number of anilines is 2. The van der Waals surface area contributed by atoms with Gasteiger partial charge in [0.25, 0.3) is 0 Å². The molecule has 5 nitrogen and oxygen atoms in total. The molecule has 0 saturated heterocycles. The Hall–Kier alpha value is -1.91. The van der Waals surface area contributed by atoms with Gasteiger partial charge in [-0.3, -0.25) is 0 Å². The van der Waals surface area contributed by atoms with Crippen LogP contribution in [-0.4, -0.2) is 22.5 Å². The Bertz CT molecular complexity index is 429. The number of nitriles is 1. The minimum Gasteiger partial charge on any atom is -0.383 e. The van der Waals surface area contributed by atoms with Gasteiger partial charge in [-0.05, 0) is 6.42 Å². The van der Waals surface area contributed by atoms with Crippen molar-refractivity contribution in [3.63, 3.8) is 0 Å². The van der Waals surface area contributed by atoms with E-state index in [4.69, 9.17) is 11.0 Å². The molecule has 0 aliphatic rings. The molecule has 1 rings (SSSR count). The van der Waals surface area contributed by atoms with Crippen molar-refractivity contribution in [2.75, 3.05) is 17.6 Å². The average Bonchev–Trinajstić information content (AvgIpc) is 2.52. The van der Waals surface area contributed by atoms with Crippen molar-refractivity contribution in [2.45, 2.75) is 26.1 Å². The normalized spacial score (nSPS) is 11.2. The first-order valence-electron chi connectivity index (χ1n) is 4.96. The van der Waals surface area contributed by atoms with Crippen LogP contribution < -0.4 is 11.1 Å². The summed E-state index contributed by atoms with van der Waals surface area (Å²) in [6.45, 7) is 1.08. The fourth-order valence-electron chi connectivity index (χ4n) is 1.28. The molecule has 0 amide bonds. The number of halogens is 3. The number of nitrogens with zero attached hydrogens (tertiary/aromatic N) is 3. The lowest BCUT2D eigenvalue weighted by Gasteiger charge is -2.06. The van der Waals surface area contributed by atoms with Gasteiger partial charge in [-0.2, -0.15) is 23.5 Å². The van der Waals surface area contributed by atoms with Gasteiger partial charge in [0.2, 0.25) is 0 Å². The highest BCUT2D eigenvalue weighted by Gasteiger charge is 2.28. The van der Waals surface area contributed by atoms with Crippen LogP contribution in [0.25, 0.3) is 0 Å². The third kappa shape index (κ3) is 3.27. The van der Waals surface area contributed by atoms with E-state index in [9.17, 15) is 13.2 Å². The molecule has 8 heteroatoms. The lowest BCUT2D eigenvalue weighted by molar-refractivity contribution is -0.115. The van der Waals surface area contributed by atoms with Gasteiger partial charge in [0, 0.05) is 6.54 Å². The molecule has 0 fully saturated rings. The summed E-state index contributed by atoms with van der Waals surface area (Å²) in [5.74, 6) is -0.0465. The highest BCUT2D eigenvalue weighted by molar-refractivity contribution is 5.63. The Morgan fingerprint density at radius 3 is 2.65 bits per heavy atom. The molecule has 3 N–H and O–H groups in total. The third-order valence-electron chi connectivity index (χ3n) is 2.00. The first-order valence-corrected chi connectivity index (χ1v) is 4.96. The first-order chi connectivity index (χ1) is 7.89. The maximum Gasteiger partial charge on any atom is 0.405 e. The molecular formula is C9H12F3N5. The van der Waals surface area contributed by atoms with Crippen LogP contribution in [0.3, 0.4) is 0 Å². The van der Waals surface area contributed by atoms with Gasteiger partial charge in [0.05, 0.1) is 0 Å². The molecule has 0 saturated carbocycles. The van der Waals surface area contributed by atoms with Crippen molar-refractivity contribution in [3.05, 3.63) is 5.56 Å². The number of aryl methyl sites for hydroxylation is 1. The van der Waals surface area contributed by atoms with Crippen LogP contribution >= 0.6 is 0 Å². The Labute approximate surface area is 96.0 Å². The van der Waals surface area contributed by atoms with Crippen LogP contribution in [0.4, 0.5) is 24.8 Å². The SMILES string of the molecule is CCCn1nc(NCC(F)(F)F)c(C#N)c1N. The zero-order chi connectivity index (χ0) is 13.1. The molecule has 0 spiro atoms. The lowest BCUT2D eigenvalue weighted by Crippen LogP contribution is -2.22. The van der Waals surface area contributed by atoms with Gasteiger partial charge in [-0.1, -0.05) is 6.92 Å². The summed E-state index contributed by atoms with van der Waals surface area (Å²) in [6.07, 6.45) is -3.65. The van der Waals surface area contributed by atoms with Crippen LogP contribution in [0, 0.1) is 11.3 Å². The Balaban J connectivity index is 2.92. The van der Waals surface area contributed by atoms with E-state index in [1.54, 1.807) is 6.07 Å². The topological polar surface area (TPSA) is 79.7 Å². The van der Waals surface area contributed by atoms with E-state index in [-0.39, 0.29) is 17.2 Å². The molecule has 17 heavy (non-hydrogen) atoms. The van der Waals surface area contributed by atoms with Crippen LogP contribution in [0.15, 0.2) is 0 Å². The molecule has 0 aliphatic heterocycles. The van der Waals surface area contributed by atoms with Gasteiger partial charge in [-0.15, -0.1) is 0 Å². The van der Waals surface area contributed by atoms with Gasteiger partial charge in [0.15, 0.2) is 5.82 Å². The summed E-state index contributed by atoms with van der Waals surface area (Å²) in [4.78, 5) is 0. The number of aromatic nitrogens is 2. The number of hydrogen-bond acceptors (Lipinski definition) is 4. The van der Waals surface area contributed by atoms with E-state index in [2.05, 4.69) is 10.4 Å². The largest absolute Gasteiger partial charge is 0.405 e. The third-order valence-corrected chi connectivity index (χ3v) is 2.00. The molecular weight excluding hydrogens is 235 g/mol. The minimum absolute atomic E-state index is 0.0531. The fourth-order valence-corrected chi connectivity index (χ4v) is 1.28. The second kappa shape index (κ2) is 4.95. The fraction of sp³-hybridized carbons (Fsp3) is 0.556. The van der Waals surface area contributed by atoms with Crippen LogP contribution in [0.2, 0.25) is 0 Å². The van der Waals surface area contributed by atoms with Crippen LogP contribution in [0.1, 0.15) is 18.9 Å². The maximum absolute atomic E-state index is 12.0. The van der Waals surface area contributed by atoms with Crippen molar-refractivity contribution in [1.82, 2.24) is 9.78 Å². The molecule has 0 radical (unpaired) electrons. The molecule has 0 aromatic carbocycles. The van der Waals surface area contributed by atoms with E-state index in [0.29, 0.717) is 6.54 Å². The standard InChI is InChI=1S/C9H12F3N5/c1-2-3-17-7(14)6(4-13)8(16-17)15-5-9(10,11)12/h2-3,5,14H2,1H3,(H,15,16). The Morgan fingerprint density at radius 2 is 2.18 bits per heavy atom. The first kappa shape index (κ1) is 13.2. The van der Waals surface area contributed by atoms with Gasteiger partial charge in [-0.25, -0.2) is 4.68 Å². The summed E-state index contributed by atoms with van der Waals surface area (Å²) in [7, 11) is 0. The number of nitrogen functional groups attached to an aromatic ring is 1. The number of nitrogens with two attached hydrogens (primary N) is 1. The molecule has 1 aromatic rings. The summed E-state index contributed by atoms with van der Waals surface area (Å²) < 4.78 is 37.4. The highest BCUT2D eigenvalue weighted by Crippen LogP contribution is 2.22. The zero-order valence-corrected chi connectivity index (χ0v) is 9.17. The average molecular weight is 247 g/mol. The number of hydrogen-bond donors (Lipinski definition) is 2. The van der Waals surface area contributed by atoms with E-state index in [0.717, 1.165) is 6.42 Å². The van der Waals surface area contributed by atoms with Crippen molar-refractivity contribution < 1.29 is 13.2 Å². The lowest BCUT2D eigenvalue weighted by atomic mass is 10.3. The molecule has 0 bridgehead atoms. The second-order valence-electron chi connectivity index (χ2n) is 3.41. The van der Waals surface area contributed by atoms with E-state index in [1.807, 2.05) is 6.92 Å². The monoisotopic (exact) mass is 247 g/mol. The van der Waals surface area contributed by atoms with E-state index in [1.165, 1.54) is 4.68 Å². The van der Waals surface area contributed by atoms with Crippen molar-refractivity contribution >= 4 is 11.6 Å². The molecule has 1 heterocycles. The van der Waals surface area contributed by atoms with Crippen molar-refractivity contribution in [3.8, 4) is 6.07 Å². The van der Waals surface area contributed by atoms with Crippen LogP contribution in [0.5, 0.6) is 0 Å². The second-order valence-corrected chi connectivity index (χ2v) is 3.41. The molecule has 1 aromatic heterocycles. The number of nitrogens with one attached hydrogen (secondary N) is 1. The Kier molecular flexibility index (Phi) is 3.83. The molecule has 0 atom stereocenters. The van der Waals surface area contributed by atoms with Gasteiger partial charge < -0.3 is 11.1 Å². The summed E-state index contributed by atoms with van der Waals surface area (Å²) in [5, 5.41) is 14.7. The van der Waals surface area contributed by atoms with E-state index >= 15 is 0 Å². The summed E-state index contributed by atoms with van der Waals surface area (Å²) in [5.41, 5.74) is 5.54. The Morgan fingerprint density at radius 1 is 1.53 bits per heavy atom. The maximum atomic E-state index is 12.0. The number of alkyl halides is 3. The van der Waals surface area contributed by atoms with Crippen molar-refractivity contribution in [1.29, 1.82) is 5.26 Å². The van der Waals surface area contributed by atoms with E-state index < -0.39 is 12.7 Å². The smallest absolute Gasteiger partial charge is 0.383 e.